The molecule has 2 N–H and O–H groups in total. The van der Waals surface area contributed by atoms with Crippen molar-refractivity contribution in [3.05, 3.63) is 29.8 Å². The average Bonchev–Trinajstić information content (AvgIpc) is 2.28. The molecule has 94 valence electrons. The van der Waals surface area contributed by atoms with Crippen molar-refractivity contribution >= 4 is 11.7 Å². The van der Waals surface area contributed by atoms with Crippen LogP contribution in [0.4, 0.5) is 10.5 Å². The van der Waals surface area contributed by atoms with Crippen molar-refractivity contribution in [2.45, 2.75) is 46.1 Å². The molecule has 0 heterocycles. The van der Waals surface area contributed by atoms with E-state index < -0.39 is 0 Å². The van der Waals surface area contributed by atoms with E-state index in [2.05, 4.69) is 30.5 Å². The molecule has 1 unspecified atom stereocenters. The first-order chi connectivity index (χ1) is 8.02. The highest BCUT2D eigenvalue weighted by molar-refractivity contribution is 5.89. The van der Waals surface area contributed by atoms with Crippen LogP contribution in [0.5, 0.6) is 0 Å². The van der Waals surface area contributed by atoms with Crippen LogP contribution in [0.3, 0.4) is 0 Å². The van der Waals surface area contributed by atoms with Gasteiger partial charge in [0.05, 0.1) is 0 Å². The Kier molecular flexibility index (Phi) is 5.01. The Bertz CT molecular complexity index is 374. The van der Waals surface area contributed by atoms with Crippen molar-refractivity contribution in [3.8, 4) is 0 Å². The van der Waals surface area contributed by atoms with E-state index in [0.29, 0.717) is 5.92 Å². The van der Waals surface area contributed by atoms with Crippen LogP contribution in [0, 0.1) is 0 Å². The van der Waals surface area contributed by atoms with Gasteiger partial charge < -0.3 is 10.6 Å². The maximum atomic E-state index is 11.6. The molecule has 0 bridgehead atoms. The maximum Gasteiger partial charge on any atom is 0.319 e. The minimum absolute atomic E-state index is 0.139. The second-order valence-corrected chi connectivity index (χ2v) is 4.69. The predicted octanol–water partition coefficient (Wildman–Crippen LogP) is 3.73. The van der Waals surface area contributed by atoms with Crippen molar-refractivity contribution in [3.63, 3.8) is 0 Å². The number of rotatable bonds is 4. The first-order valence-electron chi connectivity index (χ1n) is 6.20. The van der Waals surface area contributed by atoms with Crippen LogP contribution < -0.4 is 10.6 Å². The molecule has 1 aromatic rings. The van der Waals surface area contributed by atoms with Gasteiger partial charge in [0.15, 0.2) is 0 Å². The molecule has 0 aromatic heterocycles. The van der Waals surface area contributed by atoms with E-state index in [9.17, 15) is 4.79 Å². The highest BCUT2D eigenvalue weighted by Gasteiger charge is 2.06. The zero-order valence-corrected chi connectivity index (χ0v) is 11.1. The van der Waals surface area contributed by atoms with Crippen molar-refractivity contribution in [2.24, 2.45) is 0 Å². The third-order valence-electron chi connectivity index (χ3n) is 2.80. The molecule has 0 aliphatic heterocycles. The molecule has 2 amide bonds. The molecule has 0 radical (unpaired) electrons. The Morgan fingerprint density at radius 3 is 2.59 bits per heavy atom. The van der Waals surface area contributed by atoms with Gasteiger partial charge in [0.1, 0.15) is 0 Å². The summed E-state index contributed by atoms with van der Waals surface area (Å²) in [6.45, 7) is 8.31. The summed E-state index contributed by atoms with van der Waals surface area (Å²) in [4.78, 5) is 11.6. The van der Waals surface area contributed by atoms with E-state index >= 15 is 0 Å². The molecular formula is C14H22N2O. The standard InChI is InChI=1S/C14H22N2O/c1-5-11(4)15-14(17)16-13-8-6-7-12(9-13)10(2)3/h6-11H,5H2,1-4H3,(H2,15,16,17). The smallest absolute Gasteiger partial charge is 0.319 e. The first-order valence-corrected chi connectivity index (χ1v) is 6.20. The summed E-state index contributed by atoms with van der Waals surface area (Å²) >= 11 is 0. The molecule has 0 aliphatic carbocycles. The van der Waals surface area contributed by atoms with Crippen LogP contribution in [0.15, 0.2) is 24.3 Å². The summed E-state index contributed by atoms with van der Waals surface area (Å²) < 4.78 is 0. The highest BCUT2D eigenvalue weighted by Crippen LogP contribution is 2.18. The zero-order chi connectivity index (χ0) is 12.8. The van der Waals surface area contributed by atoms with Crippen molar-refractivity contribution in [1.82, 2.24) is 5.32 Å². The molecule has 0 saturated carbocycles. The van der Waals surface area contributed by atoms with Gasteiger partial charge in [-0.1, -0.05) is 32.9 Å². The van der Waals surface area contributed by atoms with Gasteiger partial charge in [-0.15, -0.1) is 0 Å². The Hall–Kier alpha value is -1.51. The molecule has 3 heteroatoms. The normalized spacial score (nSPS) is 12.3. The largest absolute Gasteiger partial charge is 0.335 e. The second kappa shape index (κ2) is 6.28. The lowest BCUT2D eigenvalue weighted by Crippen LogP contribution is -2.35. The van der Waals surface area contributed by atoms with Crippen molar-refractivity contribution in [2.75, 3.05) is 5.32 Å². The predicted molar refractivity (Wildman–Crippen MR) is 72.4 cm³/mol. The number of hydrogen-bond acceptors (Lipinski definition) is 1. The van der Waals surface area contributed by atoms with Gasteiger partial charge in [-0.05, 0) is 37.0 Å². The van der Waals surface area contributed by atoms with Crippen molar-refractivity contribution < 1.29 is 4.79 Å². The molecule has 1 atom stereocenters. The molecule has 3 nitrogen and oxygen atoms in total. The monoisotopic (exact) mass is 234 g/mol. The second-order valence-electron chi connectivity index (χ2n) is 4.69. The first kappa shape index (κ1) is 13.6. The summed E-state index contributed by atoms with van der Waals surface area (Å²) in [5, 5.41) is 5.73. The van der Waals surface area contributed by atoms with E-state index in [-0.39, 0.29) is 12.1 Å². The minimum atomic E-state index is -0.139. The number of anilines is 1. The molecule has 17 heavy (non-hydrogen) atoms. The zero-order valence-electron chi connectivity index (χ0n) is 11.1. The van der Waals surface area contributed by atoms with Gasteiger partial charge in [-0.2, -0.15) is 0 Å². The fraction of sp³-hybridized carbons (Fsp3) is 0.500. The number of benzene rings is 1. The topological polar surface area (TPSA) is 41.1 Å². The Labute approximate surface area is 104 Å². The molecule has 1 rings (SSSR count). The van der Waals surface area contributed by atoms with Gasteiger partial charge in [0.2, 0.25) is 0 Å². The van der Waals surface area contributed by atoms with E-state index in [4.69, 9.17) is 0 Å². The number of amides is 2. The van der Waals surface area contributed by atoms with Gasteiger partial charge in [-0.3, -0.25) is 0 Å². The maximum absolute atomic E-state index is 11.6. The Morgan fingerprint density at radius 1 is 1.29 bits per heavy atom. The summed E-state index contributed by atoms with van der Waals surface area (Å²) in [5.41, 5.74) is 2.07. The van der Waals surface area contributed by atoms with Crippen LogP contribution in [0.2, 0.25) is 0 Å². The lowest BCUT2D eigenvalue weighted by Gasteiger charge is -2.13. The molecule has 0 saturated heterocycles. The Morgan fingerprint density at radius 2 is 2.00 bits per heavy atom. The van der Waals surface area contributed by atoms with Gasteiger partial charge >= 0.3 is 6.03 Å². The van der Waals surface area contributed by atoms with Crippen LogP contribution in [-0.2, 0) is 0 Å². The van der Waals surface area contributed by atoms with Gasteiger partial charge in [0.25, 0.3) is 0 Å². The van der Waals surface area contributed by atoms with Crippen LogP contribution >= 0.6 is 0 Å². The van der Waals surface area contributed by atoms with Crippen LogP contribution in [-0.4, -0.2) is 12.1 Å². The number of carbonyl (C=O) groups is 1. The third-order valence-corrected chi connectivity index (χ3v) is 2.80. The van der Waals surface area contributed by atoms with Crippen LogP contribution in [0.1, 0.15) is 45.6 Å². The Balaban J connectivity index is 2.62. The number of hydrogen-bond donors (Lipinski definition) is 2. The van der Waals surface area contributed by atoms with Gasteiger partial charge in [0, 0.05) is 11.7 Å². The average molecular weight is 234 g/mol. The number of urea groups is 1. The molecule has 1 aromatic carbocycles. The van der Waals surface area contributed by atoms with Crippen LogP contribution in [0.25, 0.3) is 0 Å². The highest BCUT2D eigenvalue weighted by atomic mass is 16.2. The molecule has 0 spiro atoms. The lowest BCUT2D eigenvalue weighted by atomic mass is 10.0. The molecular weight excluding hydrogens is 212 g/mol. The van der Waals surface area contributed by atoms with E-state index in [1.165, 1.54) is 5.56 Å². The minimum Gasteiger partial charge on any atom is -0.335 e. The quantitative estimate of drug-likeness (QED) is 0.818. The fourth-order valence-corrected chi connectivity index (χ4v) is 1.47. The van der Waals surface area contributed by atoms with Crippen molar-refractivity contribution in [1.29, 1.82) is 0 Å². The summed E-state index contributed by atoms with van der Waals surface area (Å²) in [6.07, 6.45) is 0.930. The van der Waals surface area contributed by atoms with E-state index in [1.54, 1.807) is 0 Å². The summed E-state index contributed by atoms with van der Waals surface area (Å²) in [6, 6.07) is 8.02. The number of carbonyl (C=O) groups excluding carboxylic acids is 1. The van der Waals surface area contributed by atoms with E-state index in [1.807, 2.05) is 32.0 Å². The number of nitrogens with one attached hydrogen (secondary N) is 2. The SMILES string of the molecule is CCC(C)NC(=O)Nc1cccc(C(C)C)c1. The third kappa shape index (κ3) is 4.47. The summed E-state index contributed by atoms with van der Waals surface area (Å²) in [5.74, 6) is 0.467. The molecule has 0 fully saturated rings. The molecule has 0 aliphatic rings. The lowest BCUT2D eigenvalue weighted by molar-refractivity contribution is 0.249. The van der Waals surface area contributed by atoms with E-state index in [0.717, 1.165) is 12.1 Å². The van der Waals surface area contributed by atoms with Gasteiger partial charge in [-0.25, -0.2) is 4.79 Å². The summed E-state index contributed by atoms with van der Waals surface area (Å²) in [7, 11) is 0. The fourth-order valence-electron chi connectivity index (χ4n) is 1.47.